The molecule has 0 saturated heterocycles. The number of phosphoric ester groups is 1. The van der Waals surface area contributed by atoms with E-state index in [4.69, 9.17) is 34.6 Å². The molecule has 0 amide bonds. The van der Waals surface area contributed by atoms with Gasteiger partial charge in [0.15, 0.2) is 5.90 Å². The number of aliphatic imine (C=N–C) groups is 1. The normalized spacial score (nSPS) is 17.9. The Hall–Kier alpha value is -2.10. The molecule has 0 radical (unpaired) electrons. The molecule has 1 unspecified atom stereocenters. The van der Waals surface area contributed by atoms with Gasteiger partial charge in [0.05, 0.1) is 30.0 Å². The molecule has 246 valence electrons. The highest BCUT2D eigenvalue weighted by Crippen LogP contribution is 2.56. The molecule has 1 aliphatic heterocycles. The van der Waals surface area contributed by atoms with E-state index in [1.54, 1.807) is 60.6 Å². The number of aryl methyl sites for hydroxylation is 2. The van der Waals surface area contributed by atoms with Gasteiger partial charge in [-0.2, -0.15) is 13.2 Å². The molecular weight excluding hydrogens is 618 g/mol. The summed E-state index contributed by atoms with van der Waals surface area (Å²) in [4.78, 5) is 4.59. The maximum Gasteiger partial charge on any atom is 0.475 e. The minimum atomic E-state index is -4.61. The van der Waals surface area contributed by atoms with Crippen LogP contribution in [0.3, 0.4) is 0 Å². The largest absolute Gasteiger partial charge is 0.493 e. The lowest BCUT2D eigenvalue weighted by molar-refractivity contribution is -0.139. The molecule has 3 rings (SSSR count). The standard InChI is InChI=1S/C32H44ClF3NO6P/c1-22-25(11-9-13-27(22)33)12-10-18-39-28-15-14-24(19-26(28)32(34,35)36)16-17-31(20-40-23(2)37-31)21-41-44(38,42-29(3,4)5)43-30(6,7)8/h9,11,13-15,19H,10,12,16-18,20-21H2,1-8H3. The fourth-order valence-corrected chi connectivity index (χ4v) is 6.75. The molecular formula is C32H44ClF3NO6P. The molecule has 1 aliphatic rings. The van der Waals surface area contributed by atoms with Gasteiger partial charge in [0.1, 0.15) is 17.9 Å². The molecule has 0 fully saturated rings. The van der Waals surface area contributed by atoms with Crippen molar-refractivity contribution in [2.75, 3.05) is 19.8 Å². The molecule has 7 nitrogen and oxygen atoms in total. The maximum absolute atomic E-state index is 14.1. The quantitative estimate of drug-likeness (QED) is 0.157. The molecule has 0 bridgehead atoms. The van der Waals surface area contributed by atoms with Crippen LogP contribution in [0.5, 0.6) is 5.75 Å². The monoisotopic (exact) mass is 661 g/mol. The summed E-state index contributed by atoms with van der Waals surface area (Å²) in [6, 6.07) is 9.68. The molecule has 0 aromatic heterocycles. The fourth-order valence-electron chi connectivity index (χ4n) is 4.68. The Morgan fingerprint density at radius 3 is 2.23 bits per heavy atom. The lowest BCUT2D eigenvalue weighted by Crippen LogP contribution is -2.36. The van der Waals surface area contributed by atoms with Gasteiger partial charge in [-0.1, -0.05) is 29.8 Å². The van der Waals surface area contributed by atoms with Crippen LogP contribution in [0.4, 0.5) is 13.2 Å². The summed E-state index contributed by atoms with van der Waals surface area (Å²) >= 11 is 6.17. The molecule has 1 atom stereocenters. The van der Waals surface area contributed by atoms with Crippen molar-refractivity contribution in [3.63, 3.8) is 0 Å². The number of phosphoric acid groups is 1. The average molecular weight is 662 g/mol. The second-order valence-electron chi connectivity index (χ2n) is 13.1. The Balaban J connectivity index is 1.72. The maximum atomic E-state index is 14.1. The lowest BCUT2D eigenvalue weighted by atomic mass is 9.93. The molecule has 0 N–H and O–H groups in total. The van der Waals surface area contributed by atoms with Gasteiger partial charge >= 0.3 is 14.0 Å². The summed E-state index contributed by atoms with van der Waals surface area (Å²) in [6.45, 7) is 14.1. The number of halogens is 4. The predicted molar refractivity (Wildman–Crippen MR) is 167 cm³/mol. The van der Waals surface area contributed by atoms with E-state index < -0.39 is 36.3 Å². The van der Waals surface area contributed by atoms with Crippen molar-refractivity contribution in [2.45, 2.75) is 104 Å². The van der Waals surface area contributed by atoms with E-state index in [0.717, 1.165) is 17.2 Å². The third-order valence-electron chi connectivity index (χ3n) is 6.66. The van der Waals surface area contributed by atoms with Gasteiger partial charge in [0.2, 0.25) is 0 Å². The number of nitrogens with zero attached hydrogens (tertiary/aromatic N) is 1. The van der Waals surface area contributed by atoms with Gasteiger partial charge in [-0.3, -0.25) is 13.6 Å². The van der Waals surface area contributed by atoms with Crippen molar-refractivity contribution < 1.29 is 40.8 Å². The Labute approximate surface area is 264 Å². The van der Waals surface area contributed by atoms with Crippen molar-refractivity contribution in [3.8, 4) is 5.75 Å². The Bertz CT molecular complexity index is 1350. The summed E-state index contributed by atoms with van der Waals surface area (Å²) in [7, 11) is -4.04. The lowest BCUT2D eigenvalue weighted by Gasteiger charge is -2.33. The average Bonchev–Trinajstić information content (AvgIpc) is 3.25. The van der Waals surface area contributed by atoms with E-state index in [1.165, 1.54) is 6.07 Å². The molecule has 0 spiro atoms. The van der Waals surface area contributed by atoms with Crippen LogP contribution >= 0.6 is 19.4 Å². The summed E-state index contributed by atoms with van der Waals surface area (Å²) in [6.07, 6.45) is -2.95. The summed E-state index contributed by atoms with van der Waals surface area (Å²) in [5, 5.41) is 0.655. The van der Waals surface area contributed by atoms with E-state index in [1.807, 2.05) is 19.1 Å². The van der Waals surface area contributed by atoms with Gasteiger partial charge in [-0.15, -0.1) is 0 Å². The summed E-state index contributed by atoms with van der Waals surface area (Å²) in [5.74, 6) is 0.185. The van der Waals surface area contributed by atoms with Crippen LogP contribution in [0.1, 0.15) is 83.6 Å². The van der Waals surface area contributed by atoms with Crippen LogP contribution in [0, 0.1) is 6.92 Å². The Kier molecular flexibility index (Phi) is 11.7. The van der Waals surface area contributed by atoms with Gasteiger partial charge in [0, 0.05) is 11.9 Å². The zero-order valence-corrected chi connectivity index (χ0v) is 28.4. The Morgan fingerprint density at radius 1 is 1.00 bits per heavy atom. The summed E-state index contributed by atoms with van der Waals surface area (Å²) in [5.41, 5.74) is -1.06. The highest BCUT2D eigenvalue weighted by molar-refractivity contribution is 7.48. The minimum Gasteiger partial charge on any atom is -0.493 e. The second-order valence-corrected chi connectivity index (χ2v) is 15.0. The van der Waals surface area contributed by atoms with Crippen molar-refractivity contribution >= 4 is 25.3 Å². The zero-order chi connectivity index (χ0) is 33.0. The van der Waals surface area contributed by atoms with Gasteiger partial charge in [-0.25, -0.2) is 9.56 Å². The smallest absolute Gasteiger partial charge is 0.475 e. The summed E-state index contributed by atoms with van der Waals surface area (Å²) < 4.78 is 84.3. The molecule has 2 aromatic carbocycles. The first-order valence-corrected chi connectivity index (χ1v) is 16.5. The van der Waals surface area contributed by atoms with E-state index in [9.17, 15) is 17.7 Å². The number of hydrogen-bond donors (Lipinski definition) is 0. The predicted octanol–water partition coefficient (Wildman–Crippen LogP) is 9.55. The number of alkyl halides is 3. The number of rotatable bonds is 13. The highest BCUT2D eigenvalue weighted by atomic mass is 35.5. The third-order valence-corrected chi connectivity index (χ3v) is 9.06. The van der Waals surface area contributed by atoms with Crippen LogP contribution < -0.4 is 4.74 Å². The van der Waals surface area contributed by atoms with Gasteiger partial charge in [0.25, 0.3) is 0 Å². The van der Waals surface area contributed by atoms with E-state index >= 15 is 0 Å². The molecule has 0 aliphatic carbocycles. The van der Waals surface area contributed by atoms with Crippen molar-refractivity contribution in [2.24, 2.45) is 4.99 Å². The van der Waals surface area contributed by atoms with Gasteiger partial charge < -0.3 is 9.47 Å². The van der Waals surface area contributed by atoms with E-state index in [-0.39, 0.29) is 38.4 Å². The molecule has 2 aromatic rings. The number of hydrogen-bond acceptors (Lipinski definition) is 7. The first kappa shape index (κ1) is 36.4. The SMILES string of the molecule is CC1=NC(CCc2ccc(OCCCc3cccc(Cl)c3C)c(C(F)(F)F)c2)(COP(=O)(OC(C)(C)C)OC(C)(C)C)CO1. The van der Waals surface area contributed by atoms with E-state index in [2.05, 4.69) is 4.99 Å². The van der Waals surface area contributed by atoms with Crippen LogP contribution in [0.15, 0.2) is 41.4 Å². The Morgan fingerprint density at radius 2 is 1.66 bits per heavy atom. The first-order valence-electron chi connectivity index (χ1n) is 14.6. The molecule has 0 saturated carbocycles. The fraction of sp³-hybridized carbons (Fsp3) is 0.594. The van der Waals surface area contributed by atoms with Crippen LogP contribution in [-0.2, 0) is 41.9 Å². The van der Waals surface area contributed by atoms with Crippen molar-refractivity contribution in [1.82, 2.24) is 0 Å². The topological polar surface area (TPSA) is 75.6 Å². The van der Waals surface area contributed by atoms with Crippen molar-refractivity contribution in [1.29, 1.82) is 0 Å². The van der Waals surface area contributed by atoms with Crippen molar-refractivity contribution in [3.05, 3.63) is 63.7 Å². The van der Waals surface area contributed by atoms with Crippen LogP contribution in [0.25, 0.3) is 0 Å². The van der Waals surface area contributed by atoms with Crippen LogP contribution in [0.2, 0.25) is 5.02 Å². The highest BCUT2D eigenvalue weighted by Gasteiger charge is 2.43. The third kappa shape index (κ3) is 11.1. The minimum absolute atomic E-state index is 0.114. The first-order chi connectivity index (χ1) is 20.2. The number of ether oxygens (including phenoxy) is 2. The number of benzene rings is 2. The van der Waals surface area contributed by atoms with E-state index in [0.29, 0.717) is 29.3 Å². The van der Waals surface area contributed by atoms with Gasteiger partial charge in [-0.05, 0) is 109 Å². The molecule has 44 heavy (non-hydrogen) atoms. The molecule has 1 heterocycles. The van der Waals surface area contributed by atoms with Crippen LogP contribution in [-0.4, -0.2) is 42.5 Å². The zero-order valence-electron chi connectivity index (χ0n) is 26.8. The molecule has 12 heteroatoms. The second kappa shape index (κ2) is 14.1.